The molecule has 2 aliphatic carbocycles. The van der Waals surface area contributed by atoms with E-state index in [0.717, 1.165) is 79.9 Å². The van der Waals surface area contributed by atoms with Crippen LogP contribution in [0.2, 0.25) is 0 Å². The zero-order chi connectivity index (χ0) is 46.6. The van der Waals surface area contributed by atoms with Crippen molar-refractivity contribution in [2.45, 2.75) is 48.0 Å². The lowest BCUT2D eigenvalue weighted by atomic mass is 10.1. The second-order valence-electron chi connectivity index (χ2n) is 16.7. The van der Waals surface area contributed by atoms with E-state index in [9.17, 15) is 18.4 Å². The molecule has 2 saturated carbocycles. The van der Waals surface area contributed by atoms with Gasteiger partial charge in [-0.2, -0.15) is 4.99 Å². The lowest BCUT2D eigenvalue weighted by molar-refractivity contribution is 0.102. The van der Waals surface area contributed by atoms with Crippen LogP contribution in [0.5, 0.6) is 11.5 Å². The van der Waals surface area contributed by atoms with Crippen LogP contribution in [0.1, 0.15) is 73.6 Å². The summed E-state index contributed by atoms with van der Waals surface area (Å²) in [6, 6.07) is 24.7. The Morgan fingerprint density at radius 2 is 1.22 bits per heavy atom. The van der Waals surface area contributed by atoms with Gasteiger partial charge in [-0.15, -0.1) is 0 Å². The molecular formula is C52H67BrF2N8O4S2. The fourth-order valence-corrected chi connectivity index (χ4v) is 9.08. The molecule has 12 nitrogen and oxygen atoms in total. The Labute approximate surface area is 425 Å². The molecule has 2 aliphatic heterocycles. The highest BCUT2D eigenvalue weighted by Crippen LogP contribution is 2.33. The third kappa shape index (κ3) is 16.1. The van der Waals surface area contributed by atoms with Crippen LogP contribution in [0.15, 0.2) is 89.9 Å². The van der Waals surface area contributed by atoms with Crippen molar-refractivity contribution in [3.05, 3.63) is 113 Å². The molecule has 5 aromatic rings. The minimum Gasteiger partial charge on any atom is -0.494 e. The molecule has 17 heteroatoms. The minimum atomic E-state index is -0.598. The van der Waals surface area contributed by atoms with Crippen molar-refractivity contribution in [3.8, 4) is 11.5 Å². The van der Waals surface area contributed by atoms with Crippen LogP contribution in [0, 0.1) is 23.5 Å². The Hall–Kier alpha value is -5.29. The molecule has 372 valence electrons. The first-order valence-electron chi connectivity index (χ1n) is 22.1. The van der Waals surface area contributed by atoms with Gasteiger partial charge in [0.15, 0.2) is 34.0 Å². The van der Waals surface area contributed by atoms with E-state index in [1.54, 1.807) is 0 Å². The van der Waals surface area contributed by atoms with Crippen molar-refractivity contribution < 1.29 is 27.8 Å². The standard InChI is InChI=1S/C25H28FN5O2S.C15H19N3S.C9H8BrFO2.3CH4/c1-33-21-9-4-17(14-20(21)26)22(32)23-24(27)29-25(34-23)28-18-5-7-19(8-6-18)31-12-10-30(11-13-31)15-16-2-3-16;19-12-16-14-3-5-15(6-4-14)18-9-7-17(8-10-18)11-13-1-2-13;1-13-9-3-2-6(4-7(9)11)8(12)5-10;;;/h4-9,14,16H,2-3,10-13,15,27H2,1H3,(H,28,29);3-6,13H,1-2,7-11H2;2-4H,5H2,1H3;3*1H4. The highest BCUT2D eigenvalue weighted by Gasteiger charge is 2.28. The molecule has 0 amide bonds. The second kappa shape index (κ2) is 27.2. The molecule has 0 spiro atoms. The van der Waals surface area contributed by atoms with E-state index < -0.39 is 11.6 Å². The van der Waals surface area contributed by atoms with E-state index in [0.29, 0.717) is 10.7 Å². The summed E-state index contributed by atoms with van der Waals surface area (Å²) in [5, 5.41) is 6.33. The van der Waals surface area contributed by atoms with Crippen LogP contribution < -0.4 is 30.3 Å². The summed E-state index contributed by atoms with van der Waals surface area (Å²) in [4.78, 5) is 42.5. The summed E-state index contributed by atoms with van der Waals surface area (Å²) in [5.74, 6) is 0.638. The van der Waals surface area contributed by atoms with Crippen molar-refractivity contribution >= 4 is 89.9 Å². The number of nitrogens with two attached hydrogens (primary N) is 1. The van der Waals surface area contributed by atoms with Crippen LogP contribution in [0.25, 0.3) is 0 Å². The zero-order valence-corrected chi connectivity index (χ0v) is 40.4. The van der Waals surface area contributed by atoms with Gasteiger partial charge < -0.3 is 30.3 Å². The molecule has 4 aliphatic rings. The van der Waals surface area contributed by atoms with E-state index in [1.165, 1.54) is 108 Å². The van der Waals surface area contributed by atoms with Crippen molar-refractivity contribution in [3.63, 3.8) is 0 Å². The number of aliphatic imine (C=N–C) groups is 1. The maximum atomic E-state index is 14.0. The van der Waals surface area contributed by atoms with Crippen LogP contribution >= 0.6 is 39.5 Å². The molecule has 4 aromatic carbocycles. The third-order valence-electron chi connectivity index (χ3n) is 11.9. The predicted molar refractivity (Wildman–Crippen MR) is 288 cm³/mol. The van der Waals surface area contributed by atoms with E-state index in [1.807, 2.05) is 24.3 Å². The molecule has 0 radical (unpaired) electrons. The number of rotatable bonds is 15. The molecule has 0 bridgehead atoms. The number of nitrogens with zero attached hydrogens (tertiary/aromatic N) is 6. The lowest BCUT2D eigenvalue weighted by Gasteiger charge is -2.36. The summed E-state index contributed by atoms with van der Waals surface area (Å²) < 4.78 is 36.7. The van der Waals surface area contributed by atoms with Gasteiger partial charge in [0.05, 0.1) is 30.4 Å². The highest BCUT2D eigenvalue weighted by molar-refractivity contribution is 9.09. The summed E-state index contributed by atoms with van der Waals surface area (Å²) in [7, 11) is 2.76. The number of isothiocyanates is 1. The van der Waals surface area contributed by atoms with Crippen molar-refractivity contribution in [2.24, 2.45) is 16.8 Å². The number of nitrogens with one attached hydrogen (secondary N) is 1. The van der Waals surface area contributed by atoms with Gasteiger partial charge in [0.2, 0.25) is 5.78 Å². The number of thiocarbonyl (C=S) groups is 1. The van der Waals surface area contributed by atoms with Gasteiger partial charge >= 0.3 is 0 Å². The van der Waals surface area contributed by atoms with Gasteiger partial charge in [0.1, 0.15) is 10.7 Å². The first-order valence-corrected chi connectivity index (χ1v) is 24.5. The maximum Gasteiger partial charge on any atom is 0.206 e. The molecule has 3 heterocycles. The smallest absolute Gasteiger partial charge is 0.206 e. The number of carbonyl (C=O) groups is 2. The molecule has 0 atom stereocenters. The van der Waals surface area contributed by atoms with E-state index in [-0.39, 0.29) is 66.9 Å². The summed E-state index contributed by atoms with van der Waals surface area (Å²) >= 11 is 8.77. The number of piperazine rings is 2. The van der Waals surface area contributed by atoms with Crippen molar-refractivity contribution in [1.29, 1.82) is 0 Å². The number of benzene rings is 4. The molecular weight excluding hydrogens is 983 g/mol. The van der Waals surface area contributed by atoms with Crippen LogP contribution in [0.3, 0.4) is 0 Å². The van der Waals surface area contributed by atoms with E-state index >= 15 is 0 Å². The van der Waals surface area contributed by atoms with Crippen LogP contribution in [-0.4, -0.2) is 117 Å². The van der Waals surface area contributed by atoms with Gasteiger partial charge in [-0.05, 0) is 135 Å². The normalized spacial score (nSPS) is 15.5. The number of anilines is 5. The molecule has 9 rings (SSSR count). The average molecular weight is 1050 g/mol. The largest absolute Gasteiger partial charge is 0.494 e. The number of aromatic nitrogens is 1. The number of ketones is 2. The Balaban J connectivity index is 0.000000250. The van der Waals surface area contributed by atoms with Gasteiger partial charge in [0.25, 0.3) is 0 Å². The molecule has 3 N–H and O–H groups in total. The Bertz CT molecular complexity index is 2470. The first kappa shape index (κ1) is 56.3. The van der Waals surface area contributed by atoms with Gasteiger partial charge in [-0.25, -0.2) is 13.8 Å². The quantitative estimate of drug-likeness (QED) is 0.0448. The fraction of sp³-hybridized carbons (Fsp3) is 0.423. The fourth-order valence-electron chi connectivity index (χ4n) is 7.78. The Morgan fingerprint density at radius 1 is 0.754 bits per heavy atom. The van der Waals surface area contributed by atoms with Crippen molar-refractivity contribution in [2.75, 3.05) is 106 Å². The van der Waals surface area contributed by atoms with Crippen molar-refractivity contribution in [1.82, 2.24) is 14.8 Å². The second-order valence-corrected chi connectivity index (χ2v) is 18.4. The molecule has 2 saturated heterocycles. The highest BCUT2D eigenvalue weighted by atomic mass is 79.9. The zero-order valence-electron chi connectivity index (χ0n) is 37.2. The monoisotopic (exact) mass is 1050 g/mol. The number of carbonyl (C=O) groups excluding carboxylic acids is 2. The predicted octanol–water partition coefficient (Wildman–Crippen LogP) is 11.7. The molecule has 4 fully saturated rings. The summed E-state index contributed by atoms with van der Waals surface area (Å²) in [6.45, 7) is 11.5. The number of hydrogen-bond donors (Lipinski definition) is 2. The number of alkyl halides is 1. The average Bonchev–Trinajstić information content (AvgIpc) is 4.30. The lowest BCUT2D eigenvalue weighted by Crippen LogP contribution is -2.47. The number of nitrogen functional groups attached to an aromatic ring is 1. The van der Waals surface area contributed by atoms with Crippen LogP contribution in [0.4, 0.5) is 42.5 Å². The number of ether oxygens (including phenoxy) is 2. The van der Waals surface area contributed by atoms with E-state index in [4.69, 9.17) is 15.2 Å². The number of Topliss-reactive ketones (excluding diaryl/α,β-unsaturated/α-hetero) is 1. The summed E-state index contributed by atoms with van der Waals surface area (Å²) in [6.07, 6.45) is 5.69. The van der Waals surface area contributed by atoms with E-state index in [2.05, 4.69) is 92.5 Å². The number of halogens is 3. The topological polar surface area (TPSA) is 129 Å². The first-order chi connectivity index (χ1) is 32.0. The SMILES string of the molecule is C.C.C.COc1ccc(C(=O)CBr)cc1F.COc1ccc(C(=O)c2sc(Nc3ccc(N4CCN(CC5CC5)CC4)cc3)nc2N)cc1F.S=C=Nc1ccc(N2CCN(CC3CC3)CC2)cc1. The summed E-state index contributed by atoms with van der Waals surface area (Å²) in [5.41, 5.74) is 10.8. The molecule has 0 unspecified atom stereocenters. The Kier molecular flexibility index (Phi) is 22.2. The number of methoxy groups -OCH3 is 2. The minimum absolute atomic E-state index is 0. The van der Waals surface area contributed by atoms with Gasteiger partial charge in [-0.1, -0.05) is 49.5 Å². The third-order valence-corrected chi connectivity index (χ3v) is 13.5. The Morgan fingerprint density at radius 3 is 1.65 bits per heavy atom. The molecule has 69 heavy (non-hydrogen) atoms. The van der Waals surface area contributed by atoms with Gasteiger partial charge in [0, 0.05) is 93.6 Å². The number of hydrogen-bond acceptors (Lipinski definition) is 14. The van der Waals surface area contributed by atoms with Gasteiger partial charge in [-0.3, -0.25) is 19.4 Å². The maximum absolute atomic E-state index is 14.0. The van der Waals surface area contributed by atoms with Crippen LogP contribution in [-0.2, 0) is 0 Å². The number of thiazole rings is 1. The molecule has 1 aromatic heterocycles.